The van der Waals surface area contributed by atoms with Crippen LogP contribution in [0.4, 0.5) is 0 Å². The van der Waals surface area contributed by atoms with Crippen molar-refractivity contribution in [2.45, 2.75) is 25.2 Å². The highest BCUT2D eigenvalue weighted by atomic mass is 16.5. The molecule has 4 rings (SSSR count). The van der Waals surface area contributed by atoms with E-state index in [0.717, 1.165) is 44.6 Å². The SMILES string of the molecule is COC(=O)c1ccc(C2=CCOCC2)cc1.COC(=O)c1ccc(C2CCOCC2)cc1. The standard InChI is InChI=1S/C13H16O3.C13H14O3/c2*1-15-13(14)12-4-2-10(3-5-12)11-6-8-16-9-7-11/h2-5,11H,6-9H2,1H3;2-6H,7-9H2,1H3. The Kier molecular flexibility index (Phi) is 9.01. The van der Waals surface area contributed by atoms with E-state index in [0.29, 0.717) is 23.7 Å². The maximum atomic E-state index is 11.3. The van der Waals surface area contributed by atoms with Gasteiger partial charge in [0.15, 0.2) is 0 Å². The van der Waals surface area contributed by atoms with Gasteiger partial charge in [-0.15, -0.1) is 0 Å². The van der Waals surface area contributed by atoms with E-state index in [1.54, 1.807) is 12.1 Å². The van der Waals surface area contributed by atoms with Crippen LogP contribution in [0, 0.1) is 0 Å². The lowest BCUT2D eigenvalue weighted by Gasteiger charge is -2.22. The number of carbonyl (C=O) groups is 2. The zero-order chi connectivity index (χ0) is 22.8. The van der Waals surface area contributed by atoms with Crippen LogP contribution in [0.3, 0.4) is 0 Å². The Morgan fingerprint density at radius 2 is 1.34 bits per heavy atom. The van der Waals surface area contributed by atoms with Gasteiger partial charge in [-0.1, -0.05) is 30.3 Å². The summed E-state index contributed by atoms with van der Waals surface area (Å²) < 4.78 is 19.9. The van der Waals surface area contributed by atoms with Crippen molar-refractivity contribution >= 4 is 17.5 Å². The molecule has 0 saturated carbocycles. The van der Waals surface area contributed by atoms with E-state index in [-0.39, 0.29) is 11.9 Å². The maximum absolute atomic E-state index is 11.3. The topological polar surface area (TPSA) is 71.1 Å². The molecule has 0 amide bonds. The second kappa shape index (κ2) is 12.2. The number of ether oxygens (including phenoxy) is 4. The van der Waals surface area contributed by atoms with Crippen molar-refractivity contribution in [2.24, 2.45) is 0 Å². The lowest BCUT2D eigenvalue weighted by atomic mass is 9.91. The smallest absolute Gasteiger partial charge is 0.337 e. The zero-order valence-electron chi connectivity index (χ0n) is 18.7. The number of hydrogen-bond acceptors (Lipinski definition) is 6. The van der Waals surface area contributed by atoms with Gasteiger partial charge in [0.2, 0.25) is 0 Å². The molecule has 170 valence electrons. The van der Waals surface area contributed by atoms with Crippen LogP contribution in [0.5, 0.6) is 0 Å². The molecule has 2 aromatic carbocycles. The normalized spacial score (nSPS) is 16.2. The van der Waals surface area contributed by atoms with Gasteiger partial charge in [0.1, 0.15) is 0 Å². The molecule has 2 aromatic rings. The molecule has 0 radical (unpaired) electrons. The van der Waals surface area contributed by atoms with Crippen LogP contribution in [0.15, 0.2) is 54.6 Å². The third kappa shape index (κ3) is 6.52. The van der Waals surface area contributed by atoms with Crippen LogP contribution >= 0.6 is 0 Å². The summed E-state index contributed by atoms with van der Waals surface area (Å²) in [4.78, 5) is 22.5. The number of rotatable bonds is 4. The fraction of sp³-hybridized carbons (Fsp3) is 0.385. The summed E-state index contributed by atoms with van der Waals surface area (Å²) in [5, 5.41) is 0. The maximum Gasteiger partial charge on any atom is 0.337 e. The molecule has 2 aliphatic heterocycles. The Morgan fingerprint density at radius 3 is 1.84 bits per heavy atom. The highest BCUT2D eigenvalue weighted by molar-refractivity contribution is 5.90. The first-order valence-electron chi connectivity index (χ1n) is 10.8. The Labute approximate surface area is 189 Å². The molecule has 0 unspecified atom stereocenters. The molecule has 6 nitrogen and oxygen atoms in total. The summed E-state index contributed by atoms with van der Waals surface area (Å²) in [5.41, 5.74) is 4.91. The van der Waals surface area contributed by atoms with Gasteiger partial charge in [0.25, 0.3) is 0 Å². The monoisotopic (exact) mass is 438 g/mol. The second-order valence-electron chi connectivity index (χ2n) is 7.62. The number of hydrogen-bond donors (Lipinski definition) is 0. The van der Waals surface area contributed by atoms with Gasteiger partial charge in [0, 0.05) is 13.2 Å². The minimum absolute atomic E-state index is 0.279. The first kappa shape index (κ1) is 23.7. The van der Waals surface area contributed by atoms with Gasteiger partial charge in [-0.2, -0.15) is 0 Å². The number of benzene rings is 2. The molecule has 0 atom stereocenters. The van der Waals surface area contributed by atoms with Crippen LogP contribution in [-0.4, -0.2) is 52.6 Å². The summed E-state index contributed by atoms with van der Waals surface area (Å²) in [5.74, 6) is -0.00789. The summed E-state index contributed by atoms with van der Waals surface area (Å²) in [6.07, 6.45) is 5.14. The quantitative estimate of drug-likeness (QED) is 0.648. The van der Waals surface area contributed by atoms with Crippen LogP contribution in [0.2, 0.25) is 0 Å². The third-order valence-electron chi connectivity index (χ3n) is 5.66. The van der Waals surface area contributed by atoms with Crippen LogP contribution in [0.25, 0.3) is 5.57 Å². The summed E-state index contributed by atoms with van der Waals surface area (Å²) in [7, 11) is 2.78. The molecule has 0 bridgehead atoms. The van der Waals surface area contributed by atoms with Crippen molar-refractivity contribution < 1.29 is 28.5 Å². The second-order valence-corrected chi connectivity index (χ2v) is 7.62. The first-order chi connectivity index (χ1) is 15.6. The predicted molar refractivity (Wildman–Crippen MR) is 122 cm³/mol. The van der Waals surface area contributed by atoms with Gasteiger partial charge in [-0.3, -0.25) is 0 Å². The molecule has 6 heteroatoms. The molecule has 0 aromatic heterocycles. The van der Waals surface area contributed by atoms with Gasteiger partial charge in [-0.25, -0.2) is 9.59 Å². The highest BCUT2D eigenvalue weighted by Crippen LogP contribution is 2.27. The molecule has 2 aliphatic rings. The van der Waals surface area contributed by atoms with Crippen molar-refractivity contribution in [3.8, 4) is 0 Å². The molecular weight excluding hydrogens is 408 g/mol. The molecule has 0 spiro atoms. The van der Waals surface area contributed by atoms with E-state index in [9.17, 15) is 9.59 Å². The Hall–Kier alpha value is -2.96. The predicted octanol–water partition coefficient (Wildman–Crippen LogP) is 4.64. The molecule has 0 N–H and O–H groups in total. The van der Waals surface area contributed by atoms with Crippen molar-refractivity contribution in [1.29, 1.82) is 0 Å². The minimum atomic E-state index is -0.299. The summed E-state index contributed by atoms with van der Waals surface area (Å²) >= 11 is 0. The largest absolute Gasteiger partial charge is 0.465 e. The molecular formula is C26H30O6. The molecule has 2 heterocycles. The van der Waals surface area contributed by atoms with Crippen molar-refractivity contribution in [3.05, 3.63) is 76.9 Å². The van der Waals surface area contributed by atoms with E-state index >= 15 is 0 Å². The van der Waals surface area contributed by atoms with Crippen LogP contribution in [0.1, 0.15) is 57.0 Å². The average Bonchev–Trinajstić information content (AvgIpc) is 2.89. The molecule has 0 aliphatic carbocycles. The number of esters is 2. The average molecular weight is 439 g/mol. The fourth-order valence-corrected chi connectivity index (χ4v) is 3.77. The number of methoxy groups -OCH3 is 2. The highest BCUT2D eigenvalue weighted by Gasteiger charge is 2.16. The summed E-state index contributed by atoms with van der Waals surface area (Å²) in [6.45, 7) is 3.12. The van der Waals surface area contributed by atoms with Gasteiger partial charge >= 0.3 is 11.9 Å². The zero-order valence-corrected chi connectivity index (χ0v) is 18.7. The number of carbonyl (C=O) groups excluding carboxylic acids is 2. The van der Waals surface area contributed by atoms with Crippen LogP contribution < -0.4 is 0 Å². The minimum Gasteiger partial charge on any atom is -0.465 e. The summed E-state index contributed by atoms with van der Waals surface area (Å²) in [6, 6.07) is 15.2. The van der Waals surface area contributed by atoms with Gasteiger partial charge in [-0.05, 0) is 66.1 Å². The third-order valence-corrected chi connectivity index (χ3v) is 5.66. The van der Waals surface area contributed by atoms with Gasteiger partial charge < -0.3 is 18.9 Å². The lowest BCUT2D eigenvalue weighted by Crippen LogP contribution is -2.14. The lowest BCUT2D eigenvalue weighted by molar-refractivity contribution is 0.0592. The van der Waals surface area contributed by atoms with E-state index < -0.39 is 0 Å². The van der Waals surface area contributed by atoms with Gasteiger partial charge in [0.05, 0.1) is 38.6 Å². The Balaban J connectivity index is 0.000000181. The molecule has 1 saturated heterocycles. The van der Waals surface area contributed by atoms with Crippen molar-refractivity contribution in [2.75, 3.05) is 40.6 Å². The van der Waals surface area contributed by atoms with Crippen molar-refractivity contribution in [1.82, 2.24) is 0 Å². The molecule has 32 heavy (non-hydrogen) atoms. The Morgan fingerprint density at radius 1 is 0.781 bits per heavy atom. The fourth-order valence-electron chi connectivity index (χ4n) is 3.77. The van der Waals surface area contributed by atoms with E-state index in [1.807, 2.05) is 36.4 Å². The van der Waals surface area contributed by atoms with Crippen molar-refractivity contribution in [3.63, 3.8) is 0 Å². The van der Waals surface area contributed by atoms with E-state index in [4.69, 9.17) is 9.47 Å². The Bertz CT molecular complexity index is 908. The van der Waals surface area contributed by atoms with E-state index in [2.05, 4.69) is 15.5 Å². The van der Waals surface area contributed by atoms with Crippen LogP contribution in [-0.2, 0) is 18.9 Å². The first-order valence-corrected chi connectivity index (χ1v) is 10.8. The molecule has 1 fully saturated rings. The van der Waals surface area contributed by atoms with E-state index in [1.165, 1.54) is 25.4 Å².